The Morgan fingerprint density at radius 1 is 1.11 bits per heavy atom. The van der Waals surface area contributed by atoms with Crippen molar-refractivity contribution in [2.45, 2.75) is 77.9 Å². The average molecular weight is 252 g/mol. The zero-order valence-electron chi connectivity index (χ0n) is 12.8. The largest absolute Gasteiger partial charge is 0.314 e. The summed E-state index contributed by atoms with van der Waals surface area (Å²) in [7, 11) is 0. The van der Waals surface area contributed by atoms with E-state index in [4.69, 9.17) is 0 Å². The lowest BCUT2D eigenvalue weighted by Gasteiger charge is -2.46. The Labute approximate surface area is 114 Å². The zero-order valence-corrected chi connectivity index (χ0v) is 12.8. The van der Waals surface area contributed by atoms with Gasteiger partial charge in [-0.2, -0.15) is 0 Å². The molecule has 2 aliphatic rings. The molecule has 2 rings (SSSR count). The molecule has 1 N–H and O–H groups in total. The molecule has 2 heteroatoms. The van der Waals surface area contributed by atoms with E-state index in [1.165, 1.54) is 45.2 Å². The fourth-order valence-corrected chi connectivity index (χ4v) is 4.00. The molecule has 0 bridgehead atoms. The maximum atomic E-state index is 3.74. The molecule has 5 atom stereocenters. The monoisotopic (exact) mass is 252 g/mol. The fourth-order valence-electron chi connectivity index (χ4n) is 4.00. The van der Waals surface area contributed by atoms with E-state index in [-0.39, 0.29) is 0 Å². The minimum atomic E-state index is 0.745. The van der Waals surface area contributed by atoms with Gasteiger partial charge in [-0.25, -0.2) is 0 Å². The lowest BCUT2D eigenvalue weighted by atomic mass is 9.85. The molecular weight excluding hydrogens is 220 g/mol. The summed E-state index contributed by atoms with van der Waals surface area (Å²) in [4.78, 5) is 2.82. The lowest BCUT2D eigenvalue weighted by Crippen LogP contribution is -2.56. The summed E-state index contributed by atoms with van der Waals surface area (Å²) in [6.45, 7) is 12.1. The molecule has 2 fully saturated rings. The average Bonchev–Trinajstić information content (AvgIpc) is 2.78. The number of nitrogens with one attached hydrogen (secondary N) is 1. The van der Waals surface area contributed by atoms with Gasteiger partial charge in [0.05, 0.1) is 0 Å². The second-order valence-electron chi connectivity index (χ2n) is 6.76. The molecule has 0 aromatic heterocycles. The minimum absolute atomic E-state index is 0.745. The van der Waals surface area contributed by atoms with Crippen molar-refractivity contribution in [3.05, 3.63) is 0 Å². The second-order valence-corrected chi connectivity index (χ2v) is 6.76. The van der Waals surface area contributed by atoms with Gasteiger partial charge in [0.25, 0.3) is 0 Å². The molecule has 1 aliphatic carbocycles. The van der Waals surface area contributed by atoms with E-state index in [2.05, 4.69) is 37.9 Å². The molecule has 1 saturated carbocycles. The van der Waals surface area contributed by atoms with Crippen molar-refractivity contribution in [3.63, 3.8) is 0 Å². The highest BCUT2D eigenvalue weighted by Crippen LogP contribution is 2.34. The maximum absolute atomic E-state index is 3.74. The van der Waals surface area contributed by atoms with E-state index in [9.17, 15) is 0 Å². The van der Waals surface area contributed by atoms with Crippen LogP contribution in [-0.2, 0) is 0 Å². The summed E-state index contributed by atoms with van der Waals surface area (Å²) in [6.07, 6.45) is 6.91. The van der Waals surface area contributed by atoms with Crippen LogP contribution in [0.25, 0.3) is 0 Å². The molecule has 0 aromatic carbocycles. The van der Waals surface area contributed by atoms with Gasteiger partial charge < -0.3 is 5.32 Å². The molecule has 18 heavy (non-hydrogen) atoms. The SMILES string of the molecule is CCCNC1CCN(C2CCC(C)C2)C(C)C1C. The third-order valence-corrected chi connectivity index (χ3v) is 5.41. The Morgan fingerprint density at radius 3 is 2.50 bits per heavy atom. The molecule has 1 saturated heterocycles. The Kier molecular flexibility index (Phi) is 5.08. The van der Waals surface area contributed by atoms with Crippen LogP contribution in [-0.4, -0.2) is 36.1 Å². The van der Waals surface area contributed by atoms with Gasteiger partial charge in [0.2, 0.25) is 0 Å². The number of hydrogen-bond acceptors (Lipinski definition) is 2. The number of rotatable bonds is 4. The molecule has 0 radical (unpaired) electrons. The Hall–Kier alpha value is -0.0800. The third kappa shape index (κ3) is 3.08. The van der Waals surface area contributed by atoms with Crippen molar-refractivity contribution in [2.24, 2.45) is 11.8 Å². The molecule has 0 spiro atoms. The van der Waals surface area contributed by atoms with Gasteiger partial charge >= 0.3 is 0 Å². The first-order chi connectivity index (χ1) is 8.63. The van der Waals surface area contributed by atoms with Gasteiger partial charge in [0, 0.05) is 24.7 Å². The van der Waals surface area contributed by atoms with Gasteiger partial charge in [-0.05, 0) is 57.4 Å². The van der Waals surface area contributed by atoms with Gasteiger partial charge in [0.1, 0.15) is 0 Å². The molecule has 2 nitrogen and oxygen atoms in total. The highest BCUT2D eigenvalue weighted by molar-refractivity contribution is 4.93. The topological polar surface area (TPSA) is 15.3 Å². The summed E-state index contributed by atoms with van der Waals surface area (Å²) in [5.74, 6) is 1.75. The van der Waals surface area contributed by atoms with Gasteiger partial charge in [-0.15, -0.1) is 0 Å². The van der Waals surface area contributed by atoms with Gasteiger partial charge in [-0.1, -0.05) is 20.8 Å². The molecular formula is C16H32N2. The van der Waals surface area contributed by atoms with E-state index >= 15 is 0 Å². The smallest absolute Gasteiger partial charge is 0.0120 e. The molecule has 106 valence electrons. The number of nitrogens with zero attached hydrogens (tertiary/aromatic N) is 1. The van der Waals surface area contributed by atoms with E-state index in [1.807, 2.05) is 0 Å². The first-order valence-electron chi connectivity index (χ1n) is 8.12. The second kappa shape index (κ2) is 6.38. The molecule has 0 amide bonds. The predicted octanol–water partition coefficient (Wildman–Crippen LogP) is 3.27. The Balaban J connectivity index is 1.89. The van der Waals surface area contributed by atoms with Crippen LogP contribution in [0.5, 0.6) is 0 Å². The van der Waals surface area contributed by atoms with E-state index in [0.29, 0.717) is 0 Å². The standard InChI is InChI=1S/C16H32N2/c1-5-9-17-16-8-10-18(14(4)13(16)3)15-7-6-12(2)11-15/h12-17H,5-11H2,1-4H3. The minimum Gasteiger partial charge on any atom is -0.314 e. The van der Waals surface area contributed by atoms with Gasteiger partial charge in [-0.3, -0.25) is 4.90 Å². The third-order valence-electron chi connectivity index (χ3n) is 5.41. The van der Waals surface area contributed by atoms with E-state index in [0.717, 1.165) is 30.0 Å². The predicted molar refractivity (Wildman–Crippen MR) is 78.8 cm³/mol. The number of likely N-dealkylation sites (tertiary alicyclic amines) is 1. The van der Waals surface area contributed by atoms with E-state index < -0.39 is 0 Å². The fraction of sp³-hybridized carbons (Fsp3) is 1.00. The van der Waals surface area contributed by atoms with Crippen molar-refractivity contribution < 1.29 is 0 Å². The summed E-state index contributed by atoms with van der Waals surface area (Å²) in [6, 6.07) is 2.38. The Morgan fingerprint density at radius 2 is 1.89 bits per heavy atom. The summed E-state index contributed by atoms with van der Waals surface area (Å²) < 4.78 is 0. The van der Waals surface area contributed by atoms with Gasteiger partial charge in [0.15, 0.2) is 0 Å². The van der Waals surface area contributed by atoms with Crippen LogP contribution in [0.3, 0.4) is 0 Å². The number of piperidine rings is 1. The highest BCUT2D eigenvalue weighted by Gasteiger charge is 2.37. The van der Waals surface area contributed by atoms with Crippen LogP contribution in [0.15, 0.2) is 0 Å². The summed E-state index contributed by atoms with van der Waals surface area (Å²) in [5.41, 5.74) is 0. The molecule has 0 aromatic rings. The normalized spacial score (nSPS) is 42.3. The molecule has 1 heterocycles. The molecule has 5 unspecified atom stereocenters. The van der Waals surface area contributed by atoms with Crippen LogP contribution < -0.4 is 5.32 Å². The lowest BCUT2D eigenvalue weighted by molar-refractivity contribution is 0.0476. The van der Waals surface area contributed by atoms with Crippen LogP contribution in [0.4, 0.5) is 0 Å². The molecule has 1 aliphatic heterocycles. The zero-order chi connectivity index (χ0) is 13.1. The first-order valence-corrected chi connectivity index (χ1v) is 8.12. The number of hydrogen-bond donors (Lipinski definition) is 1. The van der Waals surface area contributed by atoms with Crippen molar-refractivity contribution in [2.75, 3.05) is 13.1 Å². The quantitative estimate of drug-likeness (QED) is 0.826. The maximum Gasteiger partial charge on any atom is 0.0120 e. The van der Waals surface area contributed by atoms with Crippen molar-refractivity contribution >= 4 is 0 Å². The summed E-state index contributed by atoms with van der Waals surface area (Å²) >= 11 is 0. The van der Waals surface area contributed by atoms with Crippen LogP contribution in [0, 0.1) is 11.8 Å². The van der Waals surface area contributed by atoms with Crippen LogP contribution in [0.2, 0.25) is 0 Å². The van der Waals surface area contributed by atoms with Crippen molar-refractivity contribution in [1.82, 2.24) is 10.2 Å². The Bertz CT molecular complexity index is 253. The summed E-state index contributed by atoms with van der Waals surface area (Å²) in [5, 5.41) is 3.74. The van der Waals surface area contributed by atoms with Crippen molar-refractivity contribution in [1.29, 1.82) is 0 Å². The van der Waals surface area contributed by atoms with Crippen LogP contribution >= 0.6 is 0 Å². The van der Waals surface area contributed by atoms with E-state index in [1.54, 1.807) is 0 Å². The first kappa shape index (κ1) is 14.3. The van der Waals surface area contributed by atoms with Crippen molar-refractivity contribution in [3.8, 4) is 0 Å². The highest BCUT2D eigenvalue weighted by atomic mass is 15.2. The van der Waals surface area contributed by atoms with Crippen LogP contribution in [0.1, 0.15) is 59.8 Å².